The van der Waals surface area contributed by atoms with E-state index < -0.39 is 0 Å². The van der Waals surface area contributed by atoms with Crippen molar-refractivity contribution in [1.29, 1.82) is 0 Å². The molecular formula is C15H31NO. The van der Waals surface area contributed by atoms with Crippen LogP contribution < -0.4 is 5.32 Å². The van der Waals surface area contributed by atoms with E-state index in [1.54, 1.807) is 0 Å². The predicted octanol–water partition coefficient (Wildman–Crippen LogP) is 3.61. The van der Waals surface area contributed by atoms with E-state index in [9.17, 15) is 0 Å². The summed E-state index contributed by atoms with van der Waals surface area (Å²) in [5, 5.41) is 3.60. The van der Waals surface area contributed by atoms with Gasteiger partial charge in [-0.15, -0.1) is 0 Å². The van der Waals surface area contributed by atoms with Gasteiger partial charge in [0.15, 0.2) is 0 Å². The van der Waals surface area contributed by atoms with Gasteiger partial charge in [-0.2, -0.15) is 0 Å². The SMILES string of the molecule is CC1CCC(CNCCCCOC(C)C)CC1. The van der Waals surface area contributed by atoms with Crippen LogP contribution in [0.3, 0.4) is 0 Å². The van der Waals surface area contributed by atoms with Crippen molar-refractivity contribution in [2.75, 3.05) is 19.7 Å². The summed E-state index contributed by atoms with van der Waals surface area (Å²) in [6.45, 7) is 9.90. The second-order valence-corrected chi connectivity index (χ2v) is 5.96. The molecule has 0 aromatic heterocycles. The molecule has 0 bridgehead atoms. The summed E-state index contributed by atoms with van der Waals surface area (Å²) in [5.74, 6) is 1.91. The average Bonchev–Trinajstić information content (AvgIpc) is 2.30. The van der Waals surface area contributed by atoms with Gasteiger partial charge >= 0.3 is 0 Å². The van der Waals surface area contributed by atoms with E-state index in [0.717, 1.165) is 25.0 Å². The lowest BCUT2D eigenvalue weighted by atomic mass is 9.83. The summed E-state index contributed by atoms with van der Waals surface area (Å²) in [6.07, 6.45) is 8.56. The fourth-order valence-electron chi connectivity index (χ4n) is 2.51. The minimum atomic E-state index is 0.382. The molecule has 102 valence electrons. The highest BCUT2D eigenvalue weighted by atomic mass is 16.5. The zero-order chi connectivity index (χ0) is 12.5. The lowest BCUT2D eigenvalue weighted by molar-refractivity contribution is 0.0760. The topological polar surface area (TPSA) is 21.3 Å². The van der Waals surface area contributed by atoms with E-state index >= 15 is 0 Å². The molecule has 1 rings (SSSR count). The second kappa shape index (κ2) is 8.93. The smallest absolute Gasteiger partial charge is 0.0518 e. The average molecular weight is 241 g/mol. The lowest BCUT2D eigenvalue weighted by Gasteiger charge is -2.26. The molecule has 1 fully saturated rings. The molecule has 0 unspecified atom stereocenters. The van der Waals surface area contributed by atoms with Crippen molar-refractivity contribution in [1.82, 2.24) is 5.32 Å². The summed E-state index contributed by atoms with van der Waals surface area (Å²) >= 11 is 0. The van der Waals surface area contributed by atoms with Gasteiger partial charge in [-0.25, -0.2) is 0 Å². The summed E-state index contributed by atoms with van der Waals surface area (Å²) in [6, 6.07) is 0. The predicted molar refractivity (Wildman–Crippen MR) is 74.3 cm³/mol. The van der Waals surface area contributed by atoms with Crippen LogP contribution in [0.25, 0.3) is 0 Å². The molecule has 2 heteroatoms. The van der Waals surface area contributed by atoms with Gasteiger partial charge in [0.05, 0.1) is 6.10 Å². The maximum Gasteiger partial charge on any atom is 0.0518 e. The van der Waals surface area contributed by atoms with Crippen LogP contribution in [0.2, 0.25) is 0 Å². The Morgan fingerprint density at radius 1 is 1.12 bits per heavy atom. The van der Waals surface area contributed by atoms with Crippen molar-refractivity contribution in [3.05, 3.63) is 0 Å². The third-order valence-electron chi connectivity index (χ3n) is 3.77. The van der Waals surface area contributed by atoms with Gasteiger partial charge in [0.1, 0.15) is 0 Å². The van der Waals surface area contributed by atoms with E-state index in [1.807, 2.05) is 0 Å². The summed E-state index contributed by atoms with van der Waals surface area (Å²) < 4.78 is 5.52. The Balaban J connectivity index is 1.84. The van der Waals surface area contributed by atoms with Gasteiger partial charge in [-0.05, 0) is 64.5 Å². The Bertz CT molecular complexity index is 174. The quantitative estimate of drug-likeness (QED) is 0.656. The van der Waals surface area contributed by atoms with Gasteiger partial charge < -0.3 is 10.1 Å². The molecule has 0 heterocycles. The van der Waals surface area contributed by atoms with Crippen LogP contribution in [0, 0.1) is 11.8 Å². The highest BCUT2D eigenvalue weighted by Crippen LogP contribution is 2.27. The largest absolute Gasteiger partial charge is 0.379 e. The zero-order valence-corrected chi connectivity index (χ0v) is 12.0. The van der Waals surface area contributed by atoms with E-state index in [2.05, 4.69) is 26.1 Å². The first-order valence-electron chi connectivity index (χ1n) is 7.50. The molecule has 1 saturated carbocycles. The molecular weight excluding hydrogens is 210 g/mol. The second-order valence-electron chi connectivity index (χ2n) is 5.96. The molecule has 1 N–H and O–H groups in total. The first-order valence-corrected chi connectivity index (χ1v) is 7.50. The van der Waals surface area contributed by atoms with Crippen LogP contribution in [0.4, 0.5) is 0 Å². The summed E-state index contributed by atoms with van der Waals surface area (Å²) in [5.41, 5.74) is 0. The van der Waals surface area contributed by atoms with E-state index in [1.165, 1.54) is 45.1 Å². The monoisotopic (exact) mass is 241 g/mol. The van der Waals surface area contributed by atoms with Gasteiger partial charge in [0.25, 0.3) is 0 Å². The van der Waals surface area contributed by atoms with Crippen molar-refractivity contribution in [2.24, 2.45) is 11.8 Å². The van der Waals surface area contributed by atoms with Crippen LogP contribution in [-0.4, -0.2) is 25.8 Å². The Labute approximate surface area is 108 Å². The molecule has 0 aliphatic heterocycles. The molecule has 0 radical (unpaired) electrons. The maximum atomic E-state index is 5.52. The third-order valence-corrected chi connectivity index (χ3v) is 3.77. The van der Waals surface area contributed by atoms with Crippen LogP contribution >= 0.6 is 0 Å². The Hall–Kier alpha value is -0.0800. The minimum absolute atomic E-state index is 0.382. The van der Waals surface area contributed by atoms with E-state index in [4.69, 9.17) is 4.74 Å². The molecule has 1 aliphatic carbocycles. The van der Waals surface area contributed by atoms with Crippen LogP contribution in [0.5, 0.6) is 0 Å². The van der Waals surface area contributed by atoms with Crippen molar-refractivity contribution >= 4 is 0 Å². The Kier molecular flexibility index (Phi) is 7.87. The maximum absolute atomic E-state index is 5.52. The number of unbranched alkanes of at least 4 members (excludes halogenated alkanes) is 1. The Morgan fingerprint density at radius 2 is 1.82 bits per heavy atom. The van der Waals surface area contributed by atoms with Gasteiger partial charge in [-0.3, -0.25) is 0 Å². The molecule has 0 aromatic carbocycles. The number of rotatable bonds is 8. The molecule has 0 spiro atoms. The number of hydrogen-bond donors (Lipinski definition) is 1. The molecule has 0 amide bonds. The standard InChI is InChI=1S/C15H31NO/c1-13(2)17-11-5-4-10-16-12-15-8-6-14(3)7-9-15/h13-16H,4-12H2,1-3H3. The van der Waals surface area contributed by atoms with E-state index in [0.29, 0.717) is 6.10 Å². The molecule has 0 atom stereocenters. The fraction of sp³-hybridized carbons (Fsp3) is 1.00. The molecule has 2 nitrogen and oxygen atoms in total. The number of ether oxygens (including phenoxy) is 1. The zero-order valence-electron chi connectivity index (χ0n) is 12.0. The van der Waals surface area contributed by atoms with Crippen molar-refractivity contribution in [3.8, 4) is 0 Å². The van der Waals surface area contributed by atoms with Crippen LogP contribution in [0.15, 0.2) is 0 Å². The molecule has 17 heavy (non-hydrogen) atoms. The van der Waals surface area contributed by atoms with Gasteiger partial charge in [0, 0.05) is 6.61 Å². The van der Waals surface area contributed by atoms with Crippen molar-refractivity contribution in [3.63, 3.8) is 0 Å². The van der Waals surface area contributed by atoms with Crippen molar-refractivity contribution in [2.45, 2.75) is 65.4 Å². The highest BCUT2D eigenvalue weighted by Gasteiger charge is 2.17. The van der Waals surface area contributed by atoms with Crippen LogP contribution in [0.1, 0.15) is 59.3 Å². The molecule has 0 saturated heterocycles. The van der Waals surface area contributed by atoms with Gasteiger partial charge in [0.2, 0.25) is 0 Å². The number of nitrogens with one attached hydrogen (secondary N) is 1. The van der Waals surface area contributed by atoms with E-state index in [-0.39, 0.29) is 0 Å². The molecule has 1 aliphatic rings. The molecule has 0 aromatic rings. The first kappa shape index (κ1) is 15.0. The Morgan fingerprint density at radius 3 is 2.47 bits per heavy atom. The summed E-state index contributed by atoms with van der Waals surface area (Å²) in [7, 11) is 0. The number of hydrogen-bond acceptors (Lipinski definition) is 2. The van der Waals surface area contributed by atoms with Crippen LogP contribution in [-0.2, 0) is 4.74 Å². The lowest BCUT2D eigenvalue weighted by Crippen LogP contribution is -2.26. The first-order chi connectivity index (χ1) is 8.18. The van der Waals surface area contributed by atoms with Crippen molar-refractivity contribution < 1.29 is 4.74 Å². The minimum Gasteiger partial charge on any atom is -0.379 e. The normalized spacial score (nSPS) is 25.4. The highest BCUT2D eigenvalue weighted by molar-refractivity contribution is 4.71. The third kappa shape index (κ3) is 7.77. The summed E-state index contributed by atoms with van der Waals surface area (Å²) in [4.78, 5) is 0. The fourth-order valence-corrected chi connectivity index (χ4v) is 2.51. The van der Waals surface area contributed by atoms with Gasteiger partial charge in [-0.1, -0.05) is 19.8 Å².